The molecular weight excluding hydrogens is 223 g/mol. The molecule has 0 aromatic heterocycles. The molecule has 14 heavy (non-hydrogen) atoms. The fraction of sp³-hybridized carbons (Fsp3) is 0.400. The van der Waals surface area contributed by atoms with Crippen molar-refractivity contribution in [3.8, 4) is 5.75 Å². The van der Waals surface area contributed by atoms with Crippen LogP contribution >= 0.6 is 23.2 Å². The van der Waals surface area contributed by atoms with E-state index < -0.39 is 6.10 Å². The van der Waals surface area contributed by atoms with E-state index in [0.29, 0.717) is 16.3 Å². The Bertz CT molecular complexity index is 326. The largest absolute Gasteiger partial charge is 0.496 e. The van der Waals surface area contributed by atoms with Gasteiger partial charge in [0.1, 0.15) is 5.75 Å². The second kappa shape index (κ2) is 4.87. The van der Waals surface area contributed by atoms with E-state index in [4.69, 9.17) is 27.9 Å². The lowest BCUT2D eigenvalue weighted by Crippen LogP contribution is -2.02. The lowest BCUT2D eigenvalue weighted by molar-refractivity contribution is 0.197. The van der Waals surface area contributed by atoms with Crippen molar-refractivity contribution in [3.05, 3.63) is 28.3 Å². The molecule has 1 N–H and O–H groups in total. The Morgan fingerprint density at radius 1 is 1.50 bits per heavy atom. The summed E-state index contributed by atoms with van der Waals surface area (Å²) in [6.45, 7) is 1.88. The van der Waals surface area contributed by atoms with Gasteiger partial charge in [-0.2, -0.15) is 0 Å². The Labute approximate surface area is 93.4 Å². The molecule has 78 valence electrons. The van der Waals surface area contributed by atoms with Crippen LogP contribution < -0.4 is 4.74 Å². The first-order chi connectivity index (χ1) is 6.60. The van der Waals surface area contributed by atoms with Gasteiger partial charge in [-0.05, 0) is 24.6 Å². The molecule has 0 amide bonds. The van der Waals surface area contributed by atoms with Gasteiger partial charge < -0.3 is 9.84 Å². The Morgan fingerprint density at radius 3 is 2.64 bits per heavy atom. The average molecular weight is 235 g/mol. The minimum atomic E-state index is -0.746. The van der Waals surface area contributed by atoms with Crippen LogP contribution in [-0.2, 0) is 0 Å². The van der Waals surface area contributed by atoms with Crippen molar-refractivity contribution in [3.63, 3.8) is 0 Å². The van der Waals surface area contributed by atoms with E-state index in [0.717, 1.165) is 5.56 Å². The molecule has 0 bridgehead atoms. The molecule has 1 aromatic rings. The van der Waals surface area contributed by atoms with Gasteiger partial charge in [-0.1, -0.05) is 11.6 Å². The molecule has 1 unspecified atom stereocenters. The van der Waals surface area contributed by atoms with Gasteiger partial charge in [0.05, 0.1) is 19.1 Å². The van der Waals surface area contributed by atoms with Gasteiger partial charge in [0.2, 0.25) is 0 Å². The summed E-state index contributed by atoms with van der Waals surface area (Å²) in [5, 5.41) is 10.2. The van der Waals surface area contributed by atoms with Gasteiger partial charge >= 0.3 is 0 Å². The Kier molecular flexibility index (Phi) is 4.05. The number of methoxy groups -OCH3 is 1. The first kappa shape index (κ1) is 11.6. The summed E-state index contributed by atoms with van der Waals surface area (Å²) in [4.78, 5) is 0. The molecule has 1 atom stereocenters. The number of ether oxygens (including phenoxy) is 1. The van der Waals surface area contributed by atoms with E-state index in [1.807, 2.05) is 6.92 Å². The number of alkyl halides is 1. The van der Waals surface area contributed by atoms with Crippen molar-refractivity contribution in [1.29, 1.82) is 0 Å². The van der Waals surface area contributed by atoms with Crippen LogP contribution in [0.25, 0.3) is 0 Å². The van der Waals surface area contributed by atoms with Gasteiger partial charge in [-0.15, -0.1) is 11.6 Å². The van der Waals surface area contributed by atoms with Crippen molar-refractivity contribution < 1.29 is 9.84 Å². The highest BCUT2D eigenvalue weighted by Gasteiger charge is 2.14. The van der Waals surface area contributed by atoms with E-state index in [-0.39, 0.29) is 5.88 Å². The second-order valence-electron chi connectivity index (χ2n) is 3.01. The number of benzene rings is 1. The first-order valence-corrected chi connectivity index (χ1v) is 5.09. The maximum Gasteiger partial charge on any atom is 0.125 e. The third-order valence-electron chi connectivity index (χ3n) is 2.02. The molecule has 0 fully saturated rings. The van der Waals surface area contributed by atoms with Crippen LogP contribution in [0.1, 0.15) is 17.2 Å². The Hall–Kier alpha value is -0.440. The number of aliphatic hydroxyl groups is 1. The van der Waals surface area contributed by atoms with E-state index in [9.17, 15) is 5.11 Å². The topological polar surface area (TPSA) is 29.5 Å². The van der Waals surface area contributed by atoms with Crippen LogP contribution in [0.15, 0.2) is 12.1 Å². The van der Waals surface area contributed by atoms with Crippen molar-refractivity contribution in [2.45, 2.75) is 13.0 Å². The zero-order valence-electron chi connectivity index (χ0n) is 8.05. The van der Waals surface area contributed by atoms with Gasteiger partial charge in [-0.3, -0.25) is 0 Å². The maximum absolute atomic E-state index is 9.59. The first-order valence-electron chi connectivity index (χ1n) is 4.18. The normalized spacial score (nSPS) is 12.6. The van der Waals surface area contributed by atoms with Gasteiger partial charge in [0.15, 0.2) is 0 Å². The molecule has 4 heteroatoms. The predicted octanol–water partition coefficient (Wildman–Crippen LogP) is 2.93. The average Bonchev–Trinajstić information content (AvgIpc) is 2.20. The van der Waals surface area contributed by atoms with E-state index >= 15 is 0 Å². The zero-order chi connectivity index (χ0) is 10.7. The van der Waals surface area contributed by atoms with Crippen LogP contribution in [0.2, 0.25) is 5.02 Å². The summed E-state index contributed by atoms with van der Waals surface area (Å²) < 4.78 is 5.13. The molecule has 1 aromatic carbocycles. The molecule has 0 aliphatic carbocycles. The van der Waals surface area contributed by atoms with E-state index in [2.05, 4.69) is 0 Å². The third kappa shape index (κ3) is 2.32. The summed E-state index contributed by atoms with van der Waals surface area (Å²) >= 11 is 11.5. The number of halogens is 2. The Balaban J connectivity index is 3.19. The summed E-state index contributed by atoms with van der Waals surface area (Å²) in [6.07, 6.45) is -0.746. The van der Waals surface area contributed by atoms with Crippen LogP contribution in [-0.4, -0.2) is 18.1 Å². The highest BCUT2D eigenvalue weighted by Crippen LogP contribution is 2.31. The smallest absolute Gasteiger partial charge is 0.125 e. The predicted molar refractivity (Wildman–Crippen MR) is 58.4 cm³/mol. The monoisotopic (exact) mass is 234 g/mol. The number of hydrogen-bond acceptors (Lipinski definition) is 2. The van der Waals surface area contributed by atoms with Crippen molar-refractivity contribution in [2.75, 3.05) is 13.0 Å². The number of rotatable bonds is 3. The second-order valence-corrected chi connectivity index (χ2v) is 3.73. The van der Waals surface area contributed by atoms with Gasteiger partial charge in [-0.25, -0.2) is 0 Å². The molecule has 0 saturated heterocycles. The minimum Gasteiger partial charge on any atom is -0.496 e. The molecule has 0 spiro atoms. The lowest BCUT2D eigenvalue weighted by Gasteiger charge is -2.14. The summed E-state index contributed by atoms with van der Waals surface area (Å²) in [7, 11) is 1.55. The summed E-state index contributed by atoms with van der Waals surface area (Å²) in [5.41, 5.74) is 1.53. The van der Waals surface area contributed by atoms with E-state index in [1.54, 1.807) is 19.2 Å². The maximum atomic E-state index is 9.59. The zero-order valence-corrected chi connectivity index (χ0v) is 9.56. The highest BCUT2D eigenvalue weighted by molar-refractivity contribution is 6.31. The van der Waals surface area contributed by atoms with Crippen molar-refractivity contribution >= 4 is 23.2 Å². The number of aryl methyl sites for hydroxylation is 1. The molecule has 0 heterocycles. The highest BCUT2D eigenvalue weighted by atomic mass is 35.5. The van der Waals surface area contributed by atoms with Crippen LogP contribution in [0.5, 0.6) is 5.75 Å². The molecule has 0 aliphatic rings. The quantitative estimate of drug-likeness (QED) is 0.816. The molecule has 0 radical (unpaired) electrons. The van der Waals surface area contributed by atoms with Crippen molar-refractivity contribution in [1.82, 2.24) is 0 Å². The minimum absolute atomic E-state index is 0.121. The van der Waals surface area contributed by atoms with Crippen LogP contribution in [0.3, 0.4) is 0 Å². The third-order valence-corrected chi connectivity index (χ3v) is 2.72. The fourth-order valence-electron chi connectivity index (χ4n) is 1.19. The fourth-order valence-corrected chi connectivity index (χ4v) is 1.53. The lowest BCUT2D eigenvalue weighted by atomic mass is 10.1. The van der Waals surface area contributed by atoms with Crippen LogP contribution in [0, 0.1) is 6.92 Å². The number of aliphatic hydroxyl groups excluding tert-OH is 1. The summed E-state index contributed by atoms with van der Waals surface area (Å²) in [6, 6.07) is 3.47. The molecule has 1 rings (SSSR count). The van der Waals surface area contributed by atoms with Gasteiger partial charge in [0.25, 0.3) is 0 Å². The molecule has 2 nitrogen and oxygen atoms in total. The van der Waals surface area contributed by atoms with Crippen molar-refractivity contribution in [2.24, 2.45) is 0 Å². The van der Waals surface area contributed by atoms with E-state index in [1.165, 1.54) is 0 Å². The SMILES string of the molecule is COc1cc(C)c(Cl)cc1C(O)CCl. The summed E-state index contributed by atoms with van der Waals surface area (Å²) in [5.74, 6) is 0.732. The Morgan fingerprint density at radius 2 is 2.14 bits per heavy atom. The van der Waals surface area contributed by atoms with Crippen LogP contribution in [0.4, 0.5) is 0 Å². The molecule has 0 aliphatic heterocycles. The standard InChI is InChI=1S/C10H12Cl2O2/c1-6-3-10(14-2)7(4-8(6)12)9(13)5-11/h3-4,9,13H,5H2,1-2H3. The molecular formula is C10H12Cl2O2. The van der Waals surface area contributed by atoms with Gasteiger partial charge in [0, 0.05) is 10.6 Å². The molecule has 0 saturated carbocycles. The number of hydrogen-bond donors (Lipinski definition) is 1.